The lowest BCUT2D eigenvalue weighted by molar-refractivity contribution is 0.564. The molecule has 0 saturated carbocycles. The first-order valence-corrected chi connectivity index (χ1v) is 9.20. The van der Waals surface area contributed by atoms with E-state index in [0.717, 1.165) is 0 Å². The number of hydrogen-bond acceptors (Lipinski definition) is 0. The molecule has 1 heteroatoms. The molecule has 0 spiro atoms. The van der Waals surface area contributed by atoms with Crippen LogP contribution < -0.4 is 0 Å². The van der Waals surface area contributed by atoms with Gasteiger partial charge in [-0.3, -0.25) is 0 Å². The van der Waals surface area contributed by atoms with E-state index in [9.17, 15) is 0 Å². The van der Waals surface area contributed by atoms with Gasteiger partial charge in [-0.25, -0.2) is 0 Å². The fourth-order valence-electron chi connectivity index (χ4n) is 2.94. The van der Waals surface area contributed by atoms with Crippen molar-refractivity contribution in [3.05, 3.63) is 35.4 Å². The Labute approximate surface area is 137 Å². The summed E-state index contributed by atoms with van der Waals surface area (Å²) < 4.78 is 0. The van der Waals surface area contributed by atoms with Gasteiger partial charge in [-0.2, -0.15) is 0 Å². The number of halogens is 1. The van der Waals surface area contributed by atoms with Crippen LogP contribution in [0, 0.1) is 0 Å². The third-order valence-electron chi connectivity index (χ3n) is 4.21. The molecule has 0 aliphatic heterocycles. The van der Waals surface area contributed by atoms with E-state index in [2.05, 4.69) is 45.0 Å². The Morgan fingerprint density at radius 3 is 1.90 bits per heavy atom. The van der Waals surface area contributed by atoms with Gasteiger partial charge in [0.2, 0.25) is 0 Å². The van der Waals surface area contributed by atoms with Crippen LogP contribution in [-0.4, -0.2) is 0 Å². The Bertz CT molecular complexity index is 376. The monoisotopic (exact) mass is 308 g/mol. The van der Waals surface area contributed by atoms with Crippen LogP contribution in [0.5, 0.6) is 0 Å². The molecule has 120 valence electrons. The minimum atomic E-state index is -0.254. The number of benzene rings is 1. The van der Waals surface area contributed by atoms with E-state index in [1.165, 1.54) is 75.3 Å². The van der Waals surface area contributed by atoms with Crippen molar-refractivity contribution in [2.24, 2.45) is 0 Å². The molecule has 0 bridgehead atoms. The Morgan fingerprint density at radius 2 is 1.33 bits per heavy atom. The van der Waals surface area contributed by atoms with Gasteiger partial charge in [0.15, 0.2) is 0 Å². The molecule has 0 aliphatic rings. The third-order valence-corrected chi connectivity index (χ3v) is 4.41. The van der Waals surface area contributed by atoms with Crippen LogP contribution in [0.2, 0.25) is 0 Å². The molecule has 0 radical (unpaired) electrons. The second kappa shape index (κ2) is 10.3. The molecule has 1 aromatic rings. The Morgan fingerprint density at radius 1 is 0.810 bits per heavy atom. The first-order chi connectivity index (χ1) is 10.1. The first kappa shape index (κ1) is 18.6. The van der Waals surface area contributed by atoms with Crippen molar-refractivity contribution in [2.45, 2.75) is 89.9 Å². The van der Waals surface area contributed by atoms with Crippen molar-refractivity contribution < 1.29 is 0 Å². The number of unbranched alkanes of at least 4 members (excludes halogenated alkanes) is 8. The maximum Gasteiger partial charge on any atom is 0.0641 e. The first-order valence-electron chi connectivity index (χ1n) is 8.83. The fraction of sp³-hybridized carbons (Fsp3) is 0.700. The molecule has 0 saturated heterocycles. The van der Waals surface area contributed by atoms with E-state index in [1.54, 1.807) is 0 Å². The maximum absolute atomic E-state index is 6.49. The van der Waals surface area contributed by atoms with E-state index in [4.69, 9.17) is 11.6 Å². The zero-order valence-corrected chi connectivity index (χ0v) is 15.0. The molecule has 0 aliphatic carbocycles. The lowest BCUT2D eigenvalue weighted by Gasteiger charge is -2.20. The van der Waals surface area contributed by atoms with Crippen molar-refractivity contribution in [1.29, 1.82) is 0 Å². The van der Waals surface area contributed by atoms with Gasteiger partial charge in [0.1, 0.15) is 0 Å². The summed E-state index contributed by atoms with van der Waals surface area (Å²) in [7, 11) is 0. The van der Waals surface area contributed by atoms with Gasteiger partial charge in [0, 0.05) is 0 Å². The summed E-state index contributed by atoms with van der Waals surface area (Å²) in [5, 5.41) is 0. The maximum atomic E-state index is 6.49. The summed E-state index contributed by atoms with van der Waals surface area (Å²) in [5.41, 5.74) is 2.73. The Kier molecular flexibility index (Phi) is 9.08. The molecular formula is C20H33Cl. The predicted molar refractivity (Wildman–Crippen MR) is 96.3 cm³/mol. The summed E-state index contributed by atoms with van der Waals surface area (Å²) in [4.78, 5) is -0.254. The minimum Gasteiger partial charge on any atom is -0.115 e. The second-order valence-electron chi connectivity index (χ2n) is 6.71. The SMILES string of the molecule is CCCCCCCCCCCc1ccccc1C(C)(C)Cl. The van der Waals surface area contributed by atoms with Crippen molar-refractivity contribution in [2.75, 3.05) is 0 Å². The molecule has 21 heavy (non-hydrogen) atoms. The third kappa shape index (κ3) is 7.90. The zero-order chi connectivity index (χ0) is 15.6. The van der Waals surface area contributed by atoms with E-state index in [-0.39, 0.29) is 4.87 Å². The lowest BCUT2D eigenvalue weighted by atomic mass is 9.93. The summed E-state index contributed by atoms with van der Waals surface area (Å²) in [6.07, 6.45) is 13.6. The molecule has 0 aromatic heterocycles. The van der Waals surface area contributed by atoms with Crippen molar-refractivity contribution in [3.8, 4) is 0 Å². The highest BCUT2D eigenvalue weighted by Gasteiger charge is 2.19. The smallest absolute Gasteiger partial charge is 0.0641 e. The largest absolute Gasteiger partial charge is 0.115 e. The molecule has 0 fully saturated rings. The van der Waals surface area contributed by atoms with Crippen molar-refractivity contribution >= 4 is 11.6 Å². The predicted octanol–water partition coefficient (Wildman–Crippen LogP) is 7.23. The van der Waals surface area contributed by atoms with Crippen LogP contribution in [-0.2, 0) is 11.3 Å². The quantitative estimate of drug-likeness (QED) is 0.298. The van der Waals surface area contributed by atoms with Crippen LogP contribution in [0.15, 0.2) is 24.3 Å². The van der Waals surface area contributed by atoms with Gasteiger partial charge in [-0.15, -0.1) is 11.6 Å². The molecule has 0 amide bonds. The molecule has 1 rings (SSSR count). The molecule has 0 heterocycles. The molecule has 0 unspecified atom stereocenters. The van der Waals surface area contributed by atoms with Crippen molar-refractivity contribution in [3.63, 3.8) is 0 Å². The fourth-order valence-corrected chi connectivity index (χ4v) is 3.13. The number of aryl methyl sites for hydroxylation is 1. The highest BCUT2D eigenvalue weighted by Crippen LogP contribution is 2.31. The highest BCUT2D eigenvalue weighted by molar-refractivity contribution is 6.23. The van der Waals surface area contributed by atoms with Gasteiger partial charge in [0.05, 0.1) is 4.87 Å². The van der Waals surface area contributed by atoms with Crippen LogP contribution in [0.25, 0.3) is 0 Å². The second-order valence-corrected chi connectivity index (χ2v) is 7.65. The van der Waals surface area contributed by atoms with Gasteiger partial charge < -0.3 is 0 Å². The number of rotatable bonds is 11. The average Bonchev–Trinajstić information content (AvgIpc) is 2.45. The van der Waals surface area contributed by atoms with E-state index in [1.807, 2.05) is 0 Å². The summed E-state index contributed by atoms with van der Waals surface area (Å²) in [6.45, 7) is 6.45. The zero-order valence-electron chi connectivity index (χ0n) is 14.3. The van der Waals surface area contributed by atoms with Gasteiger partial charge in [-0.1, -0.05) is 82.6 Å². The van der Waals surface area contributed by atoms with E-state index in [0.29, 0.717) is 0 Å². The molecule has 0 atom stereocenters. The molecule has 0 N–H and O–H groups in total. The topological polar surface area (TPSA) is 0 Å². The number of alkyl halides is 1. The van der Waals surface area contributed by atoms with Crippen LogP contribution in [0.1, 0.15) is 89.7 Å². The van der Waals surface area contributed by atoms with Crippen LogP contribution in [0.4, 0.5) is 0 Å². The minimum absolute atomic E-state index is 0.254. The normalized spacial score (nSPS) is 11.8. The van der Waals surface area contributed by atoms with E-state index < -0.39 is 0 Å². The Hall–Kier alpha value is -0.490. The summed E-state index contributed by atoms with van der Waals surface area (Å²) in [6, 6.07) is 8.65. The average molecular weight is 309 g/mol. The van der Waals surface area contributed by atoms with E-state index >= 15 is 0 Å². The highest BCUT2D eigenvalue weighted by atomic mass is 35.5. The molecule has 0 nitrogen and oxygen atoms in total. The summed E-state index contributed by atoms with van der Waals surface area (Å²) in [5.74, 6) is 0. The lowest BCUT2D eigenvalue weighted by Crippen LogP contribution is -2.10. The van der Waals surface area contributed by atoms with Crippen molar-refractivity contribution in [1.82, 2.24) is 0 Å². The standard InChI is InChI=1S/C20H33Cl/c1-4-5-6-7-8-9-10-11-12-15-18-16-13-14-17-19(18)20(2,3)21/h13-14,16-17H,4-12,15H2,1-3H3. The van der Waals surface area contributed by atoms with Gasteiger partial charge in [0.25, 0.3) is 0 Å². The van der Waals surface area contributed by atoms with Gasteiger partial charge in [-0.05, 0) is 37.8 Å². The molecule has 1 aromatic carbocycles. The molecular weight excluding hydrogens is 276 g/mol. The number of hydrogen-bond donors (Lipinski definition) is 0. The van der Waals surface area contributed by atoms with Crippen LogP contribution in [0.3, 0.4) is 0 Å². The Balaban J connectivity index is 2.19. The summed E-state index contributed by atoms with van der Waals surface area (Å²) >= 11 is 6.49. The van der Waals surface area contributed by atoms with Crippen LogP contribution >= 0.6 is 11.6 Å². The van der Waals surface area contributed by atoms with Gasteiger partial charge >= 0.3 is 0 Å².